The molecule has 0 saturated carbocycles. The second-order valence-corrected chi connectivity index (χ2v) is 3.22. The van der Waals surface area contributed by atoms with Crippen molar-refractivity contribution in [1.29, 1.82) is 0 Å². The number of nitrogens with one attached hydrogen (secondary N) is 1. The first-order valence-electron chi connectivity index (χ1n) is 4.54. The van der Waals surface area contributed by atoms with Crippen LogP contribution in [0.15, 0.2) is 36.1 Å². The van der Waals surface area contributed by atoms with Gasteiger partial charge in [-0.05, 0) is 26.2 Å². The molecule has 0 aromatic carbocycles. The van der Waals surface area contributed by atoms with Crippen molar-refractivity contribution in [2.24, 2.45) is 0 Å². The molecule has 0 spiro atoms. The molecule has 0 radical (unpaired) electrons. The SMILES string of the molecule is C=C(C)NCCC1=CCCC=C1. The highest BCUT2D eigenvalue weighted by Gasteiger charge is 1.96. The molecule has 1 aliphatic rings. The summed E-state index contributed by atoms with van der Waals surface area (Å²) in [5.41, 5.74) is 2.50. The first-order chi connectivity index (χ1) is 5.79. The van der Waals surface area contributed by atoms with Gasteiger partial charge >= 0.3 is 0 Å². The second-order valence-electron chi connectivity index (χ2n) is 3.22. The quantitative estimate of drug-likeness (QED) is 0.672. The molecule has 0 amide bonds. The van der Waals surface area contributed by atoms with E-state index in [-0.39, 0.29) is 0 Å². The Morgan fingerprint density at radius 3 is 3.00 bits per heavy atom. The van der Waals surface area contributed by atoms with Gasteiger partial charge in [0.25, 0.3) is 0 Å². The number of hydrogen-bond donors (Lipinski definition) is 1. The molecule has 0 fully saturated rings. The van der Waals surface area contributed by atoms with Gasteiger partial charge < -0.3 is 5.32 Å². The highest BCUT2D eigenvalue weighted by atomic mass is 14.9. The molecular weight excluding hydrogens is 146 g/mol. The molecule has 0 saturated heterocycles. The van der Waals surface area contributed by atoms with Gasteiger partial charge in [-0.25, -0.2) is 0 Å². The van der Waals surface area contributed by atoms with E-state index in [0.717, 1.165) is 18.7 Å². The van der Waals surface area contributed by atoms with Gasteiger partial charge in [-0.3, -0.25) is 0 Å². The summed E-state index contributed by atoms with van der Waals surface area (Å²) in [7, 11) is 0. The van der Waals surface area contributed by atoms with Crippen molar-refractivity contribution in [3.63, 3.8) is 0 Å². The first kappa shape index (κ1) is 9.11. The Hall–Kier alpha value is -0.980. The van der Waals surface area contributed by atoms with E-state index >= 15 is 0 Å². The summed E-state index contributed by atoms with van der Waals surface area (Å²) in [6.45, 7) is 6.79. The minimum Gasteiger partial charge on any atom is -0.389 e. The maximum Gasteiger partial charge on any atom is 0.0184 e. The molecular formula is C11H17N. The summed E-state index contributed by atoms with van der Waals surface area (Å²) in [5.74, 6) is 0. The normalized spacial score (nSPS) is 15.6. The Morgan fingerprint density at radius 1 is 1.58 bits per heavy atom. The van der Waals surface area contributed by atoms with Gasteiger partial charge in [-0.15, -0.1) is 0 Å². The molecule has 0 aromatic rings. The van der Waals surface area contributed by atoms with E-state index in [9.17, 15) is 0 Å². The predicted molar refractivity (Wildman–Crippen MR) is 53.9 cm³/mol. The lowest BCUT2D eigenvalue weighted by molar-refractivity contribution is 0.786. The molecule has 1 rings (SSSR count). The third kappa shape index (κ3) is 3.42. The second kappa shape index (κ2) is 4.81. The standard InChI is InChI=1S/C11H17N/c1-10(2)12-9-8-11-6-4-3-5-7-11/h4,6-7,12H,1,3,5,8-9H2,2H3. The summed E-state index contributed by atoms with van der Waals surface area (Å²) >= 11 is 0. The van der Waals surface area contributed by atoms with Gasteiger partial charge in [0.1, 0.15) is 0 Å². The van der Waals surface area contributed by atoms with Gasteiger partial charge in [0.05, 0.1) is 0 Å². The molecule has 0 bridgehead atoms. The van der Waals surface area contributed by atoms with Crippen LogP contribution in [-0.2, 0) is 0 Å². The van der Waals surface area contributed by atoms with Gasteiger partial charge in [0.2, 0.25) is 0 Å². The fourth-order valence-corrected chi connectivity index (χ4v) is 1.27. The van der Waals surface area contributed by atoms with Crippen LogP contribution in [0.25, 0.3) is 0 Å². The molecule has 12 heavy (non-hydrogen) atoms. The molecule has 1 N–H and O–H groups in total. The summed E-state index contributed by atoms with van der Waals surface area (Å²) in [6, 6.07) is 0. The summed E-state index contributed by atoms with van der Waals surface area (Å²) < 4.78 is 0. The van der Waals surface area contributed by atoms with Crippen LogP contribution in [0.2, 0.25) is 0 Å². The van der Waals surface area contributed by atoms with E-state index < -0.39 is 0 Å². The molecule has 0 aliphatic heterocycles. The third-order valence-electron chi connectivity index (χ3n) is 1.91. The average molecular weight is 163 g/mol. The van der Waals surface area contributed by atoms with Gasteiger partial charge in [0.15, 0.2) is 0 Å². The van der Waals surface area contributed by atoms with Crippen molar-refractivity contribution in [2.45, 2.75) is 26.2 Å². The fourth-order valence-electron chi connectivity index (χ4n) is 1.27. The Balaban J connectivity index is 2.18. The lowest BCUT2D eigenvalue weighted by Crippen LogP contribution is -2.12. The van der Waals surface area contributed by atoms with E-state index in [4.69, 9.17) is 0 Å². The highest BCUT2D eigenvalue weighted by Crippen LogP contribution is 2.11. The molecule has 1 nitrogen and oxygen atoms in total. The topological polar surface area (TPSA) is 12.0 Å². The average Bonchev–Trinajstić information content (AvgIpc) is 2.05. The summed E-state index contributed by atoms with van der Waals surface area (Å²) in [6.07, 6.45) is 10.3. The van der Waals surface area contributed by atoms with Gasteiger partial charge in [-0.2, -0.15) is 0 Å². The Kier molecular flexibility index (Phi) is 3.65. The Morgan fingerprint density at radius 2 is 2.42 bits per heavy atom. The largest absolute Gasteiger partial charge is 0.389 e. The number of allylic oxidation sites excluding steroid dienone is 4. The van der Waals surface area contributed by atoms with Crippen LogP contribution in [0.3, 0.4) is 0 Å². The molecule has 66 valence electrons. The minimum atomic E-state index is 1.01. The van der Waals surface area contributed by atoms with Crippen molar-refractivity contribution >= 4 is 0 Å². The van der Waals surface area contributed by atoms with Crippen LogP contribution >= 0.6 is 0 Å². The summed E-state index contributed by atoms with van der Waals surface area (Å²) in [5, 5.41) is 3.22. The lowest BCUT2D eigenvalue weighted by Gasteiger charge is -2.08. The van der Waals surface area contributed by atoms with Crippen LogP contribution in [0.4, 0.5) is 0 Å². The predicted octanol–water partition coefficient (Wildman–Crippen LogP) is 2.78. The Labute approximate surface area is 74.9 Å². The van der Waals surface area contributed by atoms with Gasteiger partial charge in [-0.1, -0.05) is 30.4 Å². The van der Waals surface area contributed by atoms with Crippen LogP contribution in [-0.4, -0.2) is 6.54 Å². The van der Waals surface area contributed by atoms with Gasteiger partial charge in [0, 0.05) is 12.2 Å². The lowest BCUT2D eigenvalue weighted by atomic mass is 10.0. The van der Waals surface area contributed by atoms with Crippen LogP contribution in [0, 0.1) is 0 Å². The number of rotatable bonds is 4. The Bertz CT molecular complexity index is 211. The zero-order valence-electron chi connectivity index (χ0n) is 7.77. The van der Waals surface area contributed by atoms with Crippen molar-refractivity contribution in [3.05, 3.63) is 36.1 Å². The van der Waals surface area contributed by atoms with E-state index in [0.29, 0.717) is 0 Å². The highest BCUT2D eigenvalue weighted by molar-refractivity contribution is 5.22. The summed E-state index contributed by atoms with van der Waals surface area (Å²) in [4.78, 5) is 0. The maximum atomic E-state index is 3.79. The maximum absolute atomic E-state index is 3.79. The third-order valence-corrected chi connectivity index (χ3v) is 1.91. The number of hydrogen-bond acceptors (Lipinski definition) is 1. The van der Waals surface area contributed by atoms with Crippen molar-refractivity contribution in [1.82, 2.24) is 5.32 Å². The van der Waals surface area contributed by atoms with E-state index in [1.807, 2.05) is 6.92 Å². The molecule has 0 unspecified atom stereocenters. The van der Waals surface area contributed by atoms with E-state index in [2.05, 4.69) is 30.1 Å². The molecule has 1 aliphatic carbocycles. The minimum absolute atomic E-state index is 1.01. The van der Waals surface area contributed by atoms with E-state index in [1.54, 1.807) is 0 Å². The molecule has 0 atom stereocenters. The van der Waals surface area contributed by atoms with Crippen molar-refractivity contribution in [3.8, 4) is 0 Å². The molecule has 0 heterocycles. The smallest absolute Gasteiger partial charge is 0.0184 e. The van der Waals surface area contributed by atoms with Crippen LogP contribution in [0.5, 0.6) is 0 Å². The van der Waals surface area contributed by atoms with E-state index in [1.165, 1.54) is 18.4 Å². The van der Waals surface area contributed by atoms with Crippen molar-refractivity contribution < 1.29 is 0 Å². The fraction of sp³-hybridized carbons (Fsp3) is 0.455. The zero-order chi connectivity index (χ0) is 8.81. The van der Waals surface area contributed by atoms with Crippen LogP contribution in [0.1, 0.15) is 26.2 Å². The monoisotopic (exact) mass is 163 g/mol. The van der Waals surface area contributed by atoms with Crippen LogP contribution < -0.4 is 5.32 Å². The van der Waals surface area contributed by atoms with Crippen molar-refractivity contribution in [2.75, 3.05) is 6.54 Å². The zero-order valence-corrected chi connectivity index (χ0v) is 7.77. The molecule has 0 aromatic heterocycles. The molecule has 1 heteroatoms. The first-order valence-corrected chi connectivity index (χ1v) is 4.54.